The molecular weight excluding hydrogens is 418 g/mol. The number of para-hydroxylation sites is 2. The predicted molar refractivity (Wildman–Crippen MR) is 108 cm³/mol. The van der Waals surface area contributed by atoms with Gasteiger partial charge in [0.1, 0.15) is 5.75 Å². The Kier molecular flexibility index (Phi) is 8.30. The van der Waals surface area contributed by atoms with Crippen LogP contribution < -0.4 is 10.7 Å². The Morgan fingerprint density at radius 2 is 1.88 bits per heavy atom. The lowest BCUT2D eigenvalue weighted by Gasteiger charge is -2.06. The summed E-state index contributed by atoms with van der Waals surface area (Å²) in [4.78, 5) is 24.4. The van der Waals surface area contributed by atoms with Gasteiger partial charge in [-0.3, -0.25) is 9.59 Å². The Hall–Kier alpha value is -2.19. The largest absolute Gasteiger partial charge is 0.506 e. The lowest BCUT2D eigenvalue weighted by molar-refractivity contribution is -0.121. The van der Waals surface area contributed by atoms with Crippen LogP contribution in [0.25, 0.3) is 0 Å². The molecule has 0 saturated carbocycles. The van der Waals surface area contributed by atoms with E-state index in [4.69, 9.17) is 0 Å². The summed E-state index contributed by atoms with van der Waals surface area (Å²) in [5.41, 5.74) is 2.90. The third-order valence-corrected chi connectivity index (χ3v) is 5.08. The molecule has 138 valence electrons. The number of aromatic hydroxyl groups is 1. The van der Waals surface area contributed by atoms with E-state index in [9.17, 15) is 14.7 Å². The van der Waals surface area contributed by atoms with Crippen LogP contribution in [0.1, 0.15) is 37.0 Å². The number of rotatable bonds is 9. The lowest BCUT2D eigenvalue weighted by Crippen LogP contribution is -2.17. The molecule has 0 saturated heterocycles. The fourth-order valence-corrected chi connectivity index (χ4v) is 3.46. The first-order valence-corrected chi connectivity index (χ1v) is 9.85. The lowest BCUT2D eigenvalue weighted by atomic mass is 10.1. The first kappa shape index (κ1) is 20.1. The summed E-state index contributed by atoms with van der Waals surface area (Å²) in [6.07, 6.45) is 4.46. The number of carbonyl (C=O) groups excluding carboxylic acids is 2. The molecule has 0 aliphatic heterocycles. The normalized spacial score (nSPS) is 10.8. The van der Waals surface area contributed by atoms with Gasteiger partial charge in [-0.15, -0.1) is 11.3 Å². The highest BCUT2D eigenvalue weighted by Gasteiger charge is 2.06. The number of amides is 2. The van der Waals surface area contributed by atoms with E-state index in [0.717, 1.165) is 15.8 Å². The van der Waals surface area contributed by atoms with Gasteiger partial charge in [0, 0.05) is 27.6 Å². The summed E-state index contributed by atoms with van der Waals surface area (Å²) in [6, 6.07) is 8.52. The van der Waals surface area contributed by atoms with Gasteiger partial charge in [0.2, 0.25) is 11.8 Å². The Balaban J connectivity index is 1.55. The maximum Gasteiger partial charge on any atom is 0.240 e. The van der Waals surface area contributed by atoms with Crippen molar-refractivity contribution in [2.24, 2.45) is 5.10 Å². The first-order chi connectivity index (χ1) is 12.5. The van der Waals surface area contributed by atoms with Crippen LogP contribution >= 0.6 is 27.3 Å². The molecular formula is C18H20BrN3O3S. The van der Waals surface area contributed by atoms with E-state index in [0.29, 0.717) is 31.4 Å². The van der Waals surface area contributed by atoms with Gasteiger partial charge in [-0.1, -0.05) is 18.6 Å². The topological polar surface area (TPSA) is 90.8 Å². The zero-order valence-electron chi connectivity index (χ0n) is 14.1. The van der Waals surface area contributed by atoms with E-state index < -0.39 is 0 Å². The van der Waals surface area contributed by atoms with Crippen molar-refractivity contribution in [1.82, 2.24) is 5.43 Å². The highest BCUT2D eigenvalue weighted by molar-refractivity contribution is 9.10. The van der Waals surface area contributed by atoms with Crippen molar-refractivity contribution < 1.29 is 14.7 Å². The molecule has 0 aliphatic carbocycles. The second-order valence-electron chi connectivity index (χ2n) is 5.59. The fourth-order valence-electron chi connectivity index (χ4n) is 2.16. The minimum absolute atomic E-state index is 0.0491. The maximum absolute atomic E-state index is 11.8. The molecule has 0 unspecified atom stereocenters. The van der Waals surface area contributed by atoms with Gasteiger partial charge in [0.05, 0.1) is 11.9 Å². The van der Waals surface area contributed by atoms with Crippen LogP contribution in [0.4, 0.5) is 5.69 Å². The molecule has 0 fully saturated rings. The number of anilines is 1. The van der Waals surface area contributed by atoms with Gasteiger partial charge in [0.15, 0.2) is 0 Å². The number of hydrogen-bond acceptors (Lipinski definition) is 5. The Morgan fingerprint density at radius 3 is 2.58 bits per heavy atom. The zero-order chi connectivity index (χ0) is 18.8. The van der Waals surface area contributed by atoms with E-state index in [1.54, 1.807) is 24.4 Å². The van der Waals surface area contributed by atoms with Crippen molar-refractivity contribution in [2.75, 3.05) is 5.32 Å². The molecule has 2 rings (SSSR count). The molecule has 0 radical (unpaired) electrons. The summed E-state index contributed by atoms with van der Waals surface area (Å²) in [5, 5.41) is 18.1. The SMILES string of the molecule is O=C(CCCCCC(=O)Nc1ccccc1O)N/N=C/c1cc(Br)cs1. The predicted octanol–water partition coefficient (Wildman–Crippen LogP) is 4.26. The monoisotopic (exact) mass is 437 g/mol. The minimum Gasteiger partial charge on any atom is -0.506 e. The summed E-state index contributed by atoms with van der Waals surface area (Å²) >= 11 is 4.88. The second kappa shape index (κ2) is 10.7. The second-order valence-corrected chi connectivity index (χ2v) is 7.44. The van der Waals surface area contributed by atoms with Crippen LogP contribution in [-0.2, 0) is 9.59 Å². The Bertz CT molecular complexity index is 777. The summed E-state index contributed by atoms with van der Waals surface area (Å²) in [7, 11) is 0. The van der Waals surface area contributed by atoms with Crippen molar-refractivity contribution in [3.8, 4) is 5.75 Å². The third kappa shape index (κ3) is 7.37. The van der Waals surface area contributed by atoms with Crippen LogP contribution in [0.5, 0.6) is 5.75 Å². The van der Waals surface area contributed by atoms with E-state index in [-0.39, 0.29) is 17.6 Å². The number of nitrogens with one attached hydrogen (secondary N) is 2. The molecule has 6 nitrogen and oxygen atoms in total. The van der Waals surface area contributed by atoms with E-state index >= 15 is 0 Å². The van der Waals surface area contributed by atoms with Gasteiger partial charge >= 0.3 is 0 Å². The summed E-state index contributed by atoms with van der Waals surface area (Å²) < 4.78 is 0.988. The molecule has 2 aromatic rings. The van der Waals surface area contributed by atoms with Gasteiger partial charge in [0.25, 0.3) is 0 Å². The van der Waals surface area contributed by atoms with Crippen molar-refractivity contribution >= 4 is 51.0 Å². The average molecular weight is 438 g/mol. The first-order valence-electron chi connectivity index (χ1n) is 8.18. The van der Waals surface area contributed by atoms with Crippen LogP contribution in [0, 0.1) is 0 Å². The molecule has 0 bridgehead atoms. The highest BCUT2D eigenvalue weighted by atomic mass is 79.9. The number of hydrogen-bond donors (Lipinski definition) is 3. The molecule has 3 N–H and O–H groups in total. The number of benzene rings is 1. The van der Waals surface area contributed by atoms with Crippen molar-refractivity contribution in [3.05, 3.63) is 45.1 Å². The maximum atomic E-state index is 11.8. The number of hydrazone groups is 1. The molecule has 1 heterocycles. The molecule has 0 aliphatic rings. The van der Waals surface area contributed by atoms with Crippen LogP contribution in [0.15, 0.2) is 45.3 Å². The van der Waals surface area contributed by atoms with Gasteiger partial charge in [-0.25, -0.2) is 5.43 Å². The number of carbonyl (C=O) groups is 2. The van der Waals surface area contributed by atoms with E-state index in [1.165, 1.54) is 17.4 Å². The van der Waals surface area contributed by atoms with E-state index in [1.807, 2.05) is 11.4 Å². The fraction of sp³-hybridized carbons (Fsp3) is 0.278. The third-order valence-electron chi connectivity index (χ3n) is 3.45. The van der Waals surface area contributed by atoms with Crippen molar-refractivity contribution in [2.45, 2.75) is 32.1 Å². The molecule has 1 aromatic heterocycles. The van der Waals surface area contributed by atoms with Gasteiger partial charge in [-0.2, -0.15) is 5.10 Å². The number of phenolic OH excluding ortho intramolecular Hbond substituents is 1. The van der Waals surface area contributed by atoms with Crippen molar-refractivity contribution in [3.63, 3.8) is 0 Å². The molecule has 1 aromatic carbocycles. The molecule has 0 atom stereocenters. The van der Waals surface area contributed by atoms with Gasteiger partial charge < -0.3 is 10.4 Å². The minimum atomic E-state index is -0.150. The summed E-state index contributed by atoms with van der Waals surface area (Å²) in [6.45, 7) is 0. The number of nitrogens with zero attached hydrogens (tertiary/aromatic N) is 1. The van der Waals surface area contributed by atoms with Crippen LogP contribution in [0.2, 0.25) is 0 Å². The van der Waals surface area contributed by atoms with Crippen LogP contribution in [0.3, 0.4) is 0 Å². The Morgan fingerprint density at radius 1 is 1.15 bits per heavy atom. The van der Waals surface area contributed by atoms with Gasteiger partial charge in [-0.05, 0) is 47.0 Å². The molecule has 0 spiro atoms. The van der Waals surface area contributed by atoms with Crippen molar-refractivity contribution in [1.29, 1.82) is 0 Å². The average Bonchev–Trinajstić information content (AvgIpc) is 3.02. The Labute approximate surface area is 164 Å². The molecule has 26 heavy (non-hydrogen) atoms. The number of halogens is 1. The number of thiophene rings is 1. The smallest absolute Gasteiger partial charge is 0.240 e. The molecule has 2 amide bonds. The highest BCUT2D eigenvalue weighted by Crippen LogP contribution is 2.21. The quantitative estimate of drug-likeness (QED) is 0.237. The number of phenols is 1. The standard InChI is InChI=1S/C18H20BrN3O3S/c19-13-10-14(26-12-13)11-20-22-18(25)9-3-1-2-8-17(24)21-15-6-4-5-7-16(15)23/h4-7,10-12,23H,1-3,8-9H2,(H,21,24)(H,22,25)/b20-11+. The summed E-state index contributed by atoms with van der Waals surface area (Å²) in [5.74, 6) is -0.244. The number of unbranched alkanes of at least 4 members (excludes halogenated alkanes) is 2. The zero-order valence-corrected chi connectivity index (χ0v) is 16.5. The van der Waals surface area contributed by atoms with Crippen LogP contribution in [-0.4, -0.2) is 23.1 Å². The van der Waals surface area contributed by atoms with E-state index in [2.05, 4.69) is 31.8 Å². The molecule has 8 heteroatoms.